The summed E-state index contributed by atoms with van der Waals surface area (Å²) in [6, 6.07) is 22.4. The highest BCUT2D eigenvalue weighted by molar-refractivity contribution is 7.13. The van der Waals surface area contributed by atoms with Crippen LogP contribution in [0.3, 0.4) is 0 Å². The second-order valence-corrected chi connectivity index (χ2v) is 14.8. The van der Waals surface area contributed by atoms with E-state index in [1.54, 1.807) is 36.1 Å². The molecule has 2 aromatic heterocycles. The first-order chi connectivity index (χ1) is 25.6. The SMILES string of the molecule is CC(C)(c1ccc(OCc2ccnc(-c3cncs3)n2)cc1)c1ccc(OC2CC(Nc3ccc4c(c3)C(=O)N(C3CCC(=O)NC3=O)C4=O)C2)cc1. The molecule has 4 heterocycles. The fraction of sp³-hybridized carbons (Fsp3) is 0.275. The van der Waals surface area contributed by atoms with Gasteiger partial charge in [-0.25, -0.2) is 9.97 Å². The van der Waals surface area contributed by atoms with Gasteiger partial charge in [-0.3, -0.25) is 34.4 Å². The smallest absolute Gasteiger partial charge is 0.262 e. The number of aromatic nitrogens is 3. The molecule has 12 nitrogen and oxygen atoms in total. The minimum Gasteiger partial charge on any atom is -0.490 e. The van der Waals surface area contributed by atoms with Crippen molar-refractivity contribution in [2.24, 2.45) is 0 Å². The van der Waals surface area contributed by atoms with E-state index in [0.717, 1.165) is 56.6 Å². The molecule has 3 aromatic carbocycles. The molecular formula is C40H36N6O6S. The number of hydrogen-bond acceptors (Lipinski definition) is 11. The van der Waals surface area contributed by atoms with Crippen molar-refractivity contribution in [1.29, 1.82) is 0 Å². The van der Waals surface area contributed by atoms with Crippen LogP contribution in [-0.4, -0.2) is 61.7 Å². The molecule has 1 unspecified atom stereocenters. The van der Waals surface area contributed by atoms with Crippen LogP contribution < -0.4 is 20.1 Å². The normalized spacial score (nSPS) is 19.7. The predicted octanol–water partition coefficient (Wildman–Crippen LogP) is 5.93. The zero-order chi connectivity index (χ0) is 36.7. The van der Waals surface area contributed by atoms with E-state index in [9.17, 15) is 19.2 Å². The molecule has 4 amide bonds. The molecule has 53 heavy (non-hydrogen) atoms. The van der Waals surface area contributed by atoms with Gasteiger partial charge in [0.1, 0.15) is 30.3 Å². The molecule has 1 atom stereocenters. The summed E-state index contributed by atoms with van der Waals surface area (Å²) in [7, 11) is 0. The monoisotopic (exact) mass is 728 g/mol. The number of rotatable bonds is 11. The lowest BCUT2D eigenvalue weighted by Gasteiger charge is -2.36. The third-order valence-electron chi connectivity index (χ3n) is 10.1. The quantitative estimate of drug-likeness (QED) is 0.157. The van der Waals surface area contributed by atoms with Crippen molar-refractivity contribution < 1.29 is 28.7 Å². The molecule has 0 bridgehead atoms. The molecule has 2 aliphatic heterocycles. The Bertz CT molecular complexity index is 2200. The lowest BCUT2D eigenvalue weighted by molar-refractivity contribution is -0.136. The Morgan fingerprint density at radius 1 is 0.906 bits per heavy atom. The van der Waals surface area contributed by atoms with E-state index in [0.29, 0.717) is 12.4 Å². The van der Waals surface area contributed by atoms with Crippen molar-refractivity contribution >= 4 is 40.7 Å². The van der Waals surface area contributed by atoms with Crippen LogP contribution in [0.2, 0.25) is 0 Å². The number of piperidine rings is 1. The molecule has 13 heteroatoms. The van der Waals surface area contributed by atoms with Crippen LogP contribution in [0, 0.1) is 0 Å². The number of ether oxygens (including phenoxy) is 2. The highest BCUT2D eigenvalue weighted by atomic mass is 32.1. The maximum absolute atomic E-state index is 13.2. The van der Waals surface area contributed by atoms with E-state index >= 15 is 0 Å². The molecule has 2 N–H and O–H groups in total. The zero-order valence-corrected chi connectivity index (χ0v) is 29.9. The van der Waals surface area contributed by atoms with Gasteiger partial charge >= 0.3 is 0 Å². The lowest BCUT2D eigenvalue weighted by atomic mass is 9.78. The Kier molecular flexibility index (Phi) is 8.95. The first-order valence-electron chi connectivity index (χ1n) is 17.5. The molecular weight excluding hydrogens is 693 g/mol. The van der Waals surface area contributed by atoms with E-state index in [2.05, 4.69) is 63.7 Å². The van der Waals surface area contributed by atoms with Gasteiger partial charge < -0.3 is 14.8 Å². The molecule has 0 radical (unpaired) electrons. The second-order valence-electron chi connectivity index (χ2n) is 14.0. The number of thiazole rings is 1. The predicted molar refractivity (Wildman–Crippen MR) is 197 cm³/mol. The van der Waals surface area contributed by atoms with Crippen LogP contribution in [0.1, 0.15) is 77.1 Å². The summed E-state index contributed by atoms with van der Waals surface area (Å²) in [5.41, 5.74) is 5.85. The minimum absolute atomic E-state index is 0.0428. The van der Waals surface area contributed by atoms with Gasteiger partial charge in [-0.05, 0) is 66.1 Å². The van der Waals surface area contributed by atoms with E-state index in [-0.39, 0.29) is 41.5 Å². The van der Waals surface area contributed by atoms with Crippen LogP contribution in [-0.2, 0) is 21.6 Å². The van der Waals surface area contributed by atoms with Gasteiger partial charge in [0.05, 0.1) is 27.2 Å². The van der Waals surface area contributed by atoms with Crippen LogP contribution in [0.15, 0.2) is 90.7 Å². The van der Waals surface area contributed by atoms with Gasteiger partial charge in [-0.15, -0.1) is 11.3 Å². The molecule has 0 spiro atoms. The van der Waals surface area contributed by atoms with E-state index in [1.165, 1.54) is 11.3 Å². The number of hydrogen-bond donors (Lipinski definition) is 2. The van der Waals surface area contributed by atoms with Gasteiger partial charge in [0.25, 0.3) is 11.8 Å². The highest BCUT2D eigenvalue weighted by Gasteiger charge is 2.45. The first kappa shape index (κ1) is 34.2. The Morgan fingerprint density at radius 3 is 2.32 bits per heavy atom. The van der Waals surface area contributed by atoms with Crippen LogP contribution in [0.25, 0.3) is 10.7 Å². The fourth-order valence-corrected chi connectivity index (χ4v) is 7.49. The summed E-state index contributed by atoms with van der Waals surface area (Å²) in [6.45, 7) is 4.72. The summed E-state index contributed by atoms with van der Waals surface area (Å²) in [5, 5.41) is 5.66. The average molecular weight is 729 g/mol. The molecule has 1 saturated heterocycles. The molecule has 2 fully saturated rings. The molecule has 1 saturated carbocycles. The van der Waals surface area contributed by atoms with Gasteiger partial charge in [0.15, 0.2) is 5.82 Å². The van der Waals surface area contributed by atoms with E-state index in [1.807, 2.05) is 30.3 Å². The summed E-state index contributed by atoms with van der Waals surface area (Å²) >= 11 is 1.50. The third kappa shape index (κ3) is 6.87. The number of carbonyl (C=O) groups excluding carboxylic acids is 4. The standard InChI is InChI=1S/C40H36N6O6S/c1-40(2,23-3-8-28(9-4-23)51-21-26-15-16-42-36(44-26)34-20-41-22-53-34)24-5-10-29(11-6-24)52-30-17-27(18-30)43-25-7-12-31-32(19-25)39(50)46(38(31)49)33-13-14-35(47)45-37(33)48/h3-12,15-16,19-20,22,27,30,33,43H,13-14,17-18,21H2,1-2H3,(H,45,47,48). The van der Waals surface area contributed by atoms with Crippen molar-refractivity contribution in [3.05, 3.63) is 119 Å². The van der Waals surface area contributed by atoms with Gasteiger partial charge in [-0.2, -0.15) is 0 Å². The Labute approximate surface area is 309 Å². The van der Waals surface area contributed by atoms with Crippen molar-refractivity contribution in [2.45, 2.75) is 69.7 Å². The lowest BCUT2D eigenvalue weighted by Crippen LogP contribution is -2.54. The van der Waals surface area contributed by atoms with Crippen LogP contribution in [0.5, 0.6) is 11.5 Å². The molecule has 1 aliphatic carbocycles. The number of imide groups is 2. The first-order valence-corrected chi connectivity index (χ1v) is 18.3. The number of amides is 4. The molecule has 3 aliphatic rings. The second kappa shape index (κ2) is 13.9. The number of benzene rings is 3. The molecule has 268 valence electrons. The van der Waals surface area contributed by atoms with Gasteiger partial charge in [0.2, 0.25) is 11.8 Å². The number of fused-ring (bicyclic) bond motifs is 1. The average Bonchev–Trinajstić information content (AvgIpc) is 3.77. The van der Waals surface area contributed by atoms with Crippen molar-refractivity contribution in [1.82, 2.24) is 25.2 Å². The topological polar surface area (TPSA) is 153 Å². The van der Waals surface area contributed by atoms with Gasteiger partial charge in [0, 0.05) is 48.8 Å². The van der Waals surface area contributed by atoms with E-state index < -0.39 is 29.7 Å². The number of nitrogens with one attached hydrogen (secondary N) is 2. The zero-order valence-electron chi connectivity index (χ0n) is 29.1. The van der Waals surface area contributed by atoms with Crippen molar-refractivity contribution in [3.8, 4) is 22.2 Å². The Morgan fingerprint density at radius 2 is 1.62 bits per heavy atom. The highest BCUT2D eigenvalue weighted by Crippen LogP contribution is 2.36. The van der Waals surface area contributed by atoms with Crippen LogP contribution >= 0.6 is 11.3 Å². The number of nitrogens with zero attached hydrogens (tertiary/aromatic N) is 4. The summed E-state index contributed by atoms with van der Waals surface area (Å²) in [4.78, 5) is 65.0. The third-order valence-corrected chi connectivity index (χ3v) is 10.9. The van der Waals surface area contributed by atoms with Crippen molar-refractivity contribution in [2.75, 3.05) is 5.32 Å². The number of carbonyl (C=O) groups is 4. The van der Waals surface area contributed by atoms with Crippen molar-refractivity contribution in [3.63, 3.8) is 0 Å². The maximum Gasteiger partial charge on any atom is 0.262 e. The van der Waals surface area contributed by atoms with Crippen LogP contribution in [0.4, 0.5) is 5.69 Å². The number of anilines is 1. The summed E-state index contributed by atoms with van der Waals surface area (Å²) in [5.74, 6) is 0.145. The largest absolute Gasteiger partial charge is 0.490 e. The van der Waals surface area contributed by atoms with E-state index in [4.69, 9.17) is 9.47 Å². The fourth-order valence-electron chi connectivity index (χ4n) is 6.93. The molecule has 5 aromatic rings. The Hall–Kier alpha value is -5.95. The molecule has 8 rings (SSSR count). The Balaban J connectivity index is 0.823. The summed E-state index contributed by atoms with van der Waals surface area (Å²) in [6.07, 6.45) is 5.29. The van der Waals surface area contributed by atoms with Gasteiger partial charge in [-0.1, -0.05) is 38.1 Å². The maximum atomic E-state index is 13.2. The summed E-state index contributed by atoms with van der Waals surface area (Å²) < 4.78 is 12.3. The minimum atomic E-state index is -0.986.